The van der Waals surface area contributed by atoms with Crippen molar-refractivity contribution in [2.75, 3.05) is 6.54 Å². The van der Waals surface area contributed by atoms with Gasteiger partial charge in [0.15, 0.2) is 5.78 Å². The van der Waals surface area contributed by atoms with Crippen molar-refractivity contribution >= 4 is 17.6 Å². The highest BCUT2D eigenvalue weighted by atomic mass is 19.1. The van der Waals surface area contributed by atoms with Gasteiger partial charge in [-0.05, 0) is 30.2 Å². The van der Waals surface area contributed by atoms with Gasteiger partial charge in [-0.1, -0.05) is 60.7 Å². The van der Waals surface area contributed by atoms with E-state index in [1.54, 1.807) is 66.7 Å². The van der Waals surface area contributed by atoms with Crippen molar-refractivity contribution in [1.82, 2.24) is 5.32 Å². The van der Waals surface area contributed by atoms with Crippen molar-refractivity contribution in [3.8, 4) is 0 Å². The molecule has 3 aromatic carbocycles. The summed E-state index contributed by atoms with van der Waals surface area (Å²) in [6.07, 6.45) is 0.264. The fourth-order valence-electron chi connectivity index (χ4n) is 3.11. The minimum absolute atomic E-state index is 0.000590. The highest BCUT2D eigenvalue weighted by molar-refractivity contribution is 6.15. The summed E-state index contributed by atoms with van der Waals surface area (Å²) in [7, 11) is 0. The first-order valence-electron chi connectivity index (χ1n) is 9.46. The quantitative estimate of drug-likeness (QED) is 0.565. The Morgan fingerprint density at radius 1 is 0.833 bits per heavy atom. The summed E-state index contributed by atoms with van der Waals surface area (Å²) in [4.78, 5) is 37.4. The normalized spacial score (nSPS) is 11.5. The zero-order valence-electron chi connectivity index (χ0n) is 16.2. The Morgan fingerprint density at radius 3 is 2.07 bits per heavy atom. The third kappa shape index (κ3) is 5.17. The molecule has 0 aromatic heterocycles. The lowest BCUT2D eigenvalue weighted by Gasteiger charge is -2.15. The van der Waals surface area contributed by atoms with Gasteiger partial charge in [0.2, 0.25) is 5.91 Å². The molecule has 30 heavy (non-hydrogen) atoms. The number of halogens is 1. The van der Waals surface area contributed by atoms with E-state index in [2.05, 4.69) is 5.32 Å². The van der Waals surface area contributed by atoms with E-state index in [9.17, 15) is 18.8 Å². The van der Waals surface area contributed by atoms with E-state index in [1.165, 1.54) is 12.1 Å². The lowest BCUT2D eigenvalue weighted by molar-refractivity contribution is -0.121. The van der Waals surface area contributed by atoms with Gasteiger partial charge < -0.3 is 11.1 Å². The smallest absolute Gasteiger partial charge is 0.252 e. The number of carbonyl (C=O) groups is 3. The first-order valence-corrected chi connectivity index (χ1v) is 9.46. The largest absolute Gasteiger partial charge is 0.369 e. The van der Waals surface area contributed by atoms with E-state index in [-0.39, 0.29) is 35.7 Å². The number of ketones is 1. The molecule has 6 heteroatoms. The minimum atomic E-state index is -0.670. The van der Waals surface area contributed by atoms with E-state index in [0.717, 1.165) is 5.56 Å². The van der Waals surface area contributed by atoms with Crippen LogP contribution < -0.4 is 11.1 Å². The van der Waals surface area contributed by atoms with Gasteiger partial charge in [-0.3, -0.25) is 14.4 Å². The summed E-state index contributed by atoms with van der Waals surface area (Å²) >= 11 is 0. The molecule has 0 spiro atoms. The fraction of sp³-hybridized carbons (Fsp3) is 0.125. The minimum Gasteiger partial charge on any atom is -0.369 e. The Hall–Kier alpha value is -3.80. The Morgan fingerprint density at radius 2 is 1.43 bits per heavy atom. The second-order valence-electron chi connectivity index (χ2n) is 6.88. The van der Waals surface area contributed by atoms with E-state index >= 15 is 0 Å². The monoisotopic (exact) mass is 404 g/mol. The molecule has 0 aliphatic rings. The molecular formula is C24H21FN2O3. The number of hydrogen-bond acceptors (Lipinski definition) is 3. The zero-order chi connectivity index (χ0) is 21.5. The van der Waals surface area contributed by atoms with E-state index in [0.29, 0.717) is 5.56 Å². The first-order chi connectivity index (χ1) is 14.5. The molecule has 0 heterocycles. The Labute approximate surface area is 173 Å². The van der Waals surface area contributed by atoms with Crippen molar-refractivity contribution in [3.63, 3.8) is 0 Å². The summed E-state index contributed by atoms with van der Waals surface area (Å²) in [5.41, 5.74) is 7.17. The van der Waals surface area contributed by atoms with Gasteiger partial charge in [0.05, 0.1) is 11.5 Å². The van der Waals surface area contributed by atoms with Gasteiger partial charge in [0, 0.05) is 17.7 Å². The highest BCUT2D eigenvalue weighted by Gasteiger charge is 2.21. The van der Waals surface area contributed by atoms with Gasteiger partial charge in [-0.25, -0.2) is 4.39 Å². The summed E-state index contributed by atoms with van der Waals surface area (Å²) in [5, 5.41) is 2.69. The molecule has 0 aliphatic carbocycles. The van der Waals surface area contributed by atoms with Crippen LogP contribution in [0.1, 0.15) is 31.8 Å². The van der Waals surface area contributed by atoms with Gasteiger partial charge >= 0.3 is 0 Å². The second-order valence-corrected chi connectivity index (χ2v) is 6.88. The molecule has 3 N–H and O–H groups in total. The maximum atomic E-state index is 13.1. The Bertz CT molecular complexity index is 1050. The third-order valence-electron chi connectivity index (χ3n) is 4.76. The SMILES string of the molecule is NC(=O)C(CNC(=O)c1ccccc1C(=O)c1ccccc1)Cc1ccc(F)cc1. The number of carbonyl (C=O) groups excluding carboxylic acids is 3. The molecule has 0 fully saturated rings. The van der Waals surface area contributed by atoms with Gasteiger partial charge in [-0.2, -0.15) is 0 Å². The lowest BCUT2D eigenvalue weighted by atomic mass is 9.96. The van der Waals surface area contributed by atoms with Crippen LogP contribution in [0.15, 0.2) is 78.9 Å². The van der Waals surface area contributed by atoms with Crippen LogP contribution in [-0.4, -0.2) is 24.1 Å². The molecule has 0 bridgehead atoms. The maximum Gasteiger partial charge on any atom is 0.252 e. The molecule has 0 saturated carbocycles. The zero-order valence-corrected chi connectivity index (χ0v) is 16.2. The van der Waals surface area contributed by atoms with Crippen LogP contribution in [-0.2, 0) is 11.2 Å². The van der Waals surface area contributed by atoms with Crippen LogP contribution >= 0.6 is 0 Å². The average Bonchev–Trinajstić information content (AvgIpc) is 2.77. The number of nitrogens with one attached hydrogen (secondary N) is 1. The molecule has 0 radical (unpaired) electrons. The molecule has 5 nitrogen and oxygen atoms in total. The number of amides is 2. The first kappa shape index (κ1) is 20.9. The average molecular weight is 404 g/mol. The molecule has 0 saturated heterocycles. The van der Waals surface area contributed by atoms with Crippen LogP contribution in [0.4, 0.5) is 4.39 Å². The van der Waals surface area contributed by atoms with Crippen molar-refractivity contribution in [1.29, 1.82) is 0 Å². The topological polar surface area (TPSA) is 89.3 Å². The molecule has 3 aromatic rings. The highest BCUT2D eigenvalue weighted by Crippen LogP contribution is 2.15. The lowest BCUT2D eigenvalue weighted by Crippen LogP contribution is -2.37. The predicted molar refractivity (Wildman–Crippen MR) is 111 cm³/mol. The Kier molecular flexibility index (Phi) is 6.70. The predicted octanol–water partition coefficient (Wildman–Crippen LogP) is 3.13. The van der Waals surface area contributed by atoms with Gasteiger partial charge in [0.25, 0.3) is 5.91 Å². The Balaban J connectivity index is 1.73. The number of benzene rings is 3. The summed E-state index contributed by atoms with van der Waals surface area (Å²) in [5.74, 6) is -2.36. The van der Waals surface area contributed by atoms with Crippen LogP contribution in [0.3, 0.4) is 0 Å². The molecule has 2 amide bonds. The van der Waals surface area contributed by atoms with Crippen molar-refractivity contribution in [2.24, 2.45) is 11.7 Å². The molecule has 152 valence electrons. The van der Waals surface area contributed by atoms with Gasteiger partial charge in [-0.15, -0.1) is 0 Å². The number of primary amides is 1. The summed E-state index contributed by atoms with van der Waals surface area (Å²) in [6, 6.07) is 20.9. The molecule has 1 atom stereocenters. The van der Waals surface area contributed by atoms with E-state index in [1.807, 2.05) is 0 Å². The standard InChI is InChI=1S/C24H21FN2O3/c25-19-12-10-16(11-13-19)14-18(23(26)29)15-27-24(30)21-9-5-4-8-20(21)22(28)17-6-2-1-3-7-17/h1-13,18H,14-15H2,(H2,26,29)(H,27,30). The number of hydrogen-bond donors (Lipinski definition) is 2. The number of nitrogens with two attached hydrogens (primary N) is 1. The van der Waals surface area contributed by atoms with Crippen molar-refractivity contribution in [3.05, 3.63) is 107 Å². The second kappa shape index (κ2) is 9.60. The van der Waals surface area contributed by atoms with Crippen molar-refractivity contribution < 1.29 is 18.8 Å². The molecule has 0 aliphatic heterocycles. The third-order valence-corrected chi connectivity index (χ3v) is 4.76. The molecule has 3 rings (SSSR count). The van der Waals surface area contributed by atoms with Crippen LogP contribution in [0.5, 0.6) is 0 Å². The van der Waals surface area contributed by atoms with E-state index in [4.69, 9.17) is 5.73 Å². The van der Waals surface area contributed by atoms with Gasteiger partial charge in [0.1, 0.15) is 5.82 Å². The summed E-state index contributed by atoms with van der Waals surface area (Å²) in [6.45, 7) is -0.000590. The summed E-state index contributed by atoms with van der Waals surface area (Å²) < 4.78 is 13.1. The molecule has 1 unspecified atom stereocenters. The fourth-order valence-corrected chi connectivity index (χ4v) is 3.11. The molecular weight excluding hydrogens is 383 g/mol. The van der Waals surface area contributed by atoms with Crippen LogP contribution in [0.25, 0.3) is 0 Å². The van der Waals surface area contributed by atoms with Crippen LogP contribution in [0, 0.1) is 11.7 Å². The maximum absolute atomic E-state index is 13.1. The van der Waals surface area contributed by atoms with E-state index < -0.39 is 17.7 Å². The van der Waals surface area contributed by atoms with Crippen molar-refractivity contribution in [2.45, 2.75) is 6.42 Å². The van der Waals surface area contributed by atoms with Crippen LogP contribution in [0.2, 0.25) is 0 Å². The number of rotatable bonds is 8.